The van der Waals surface area contributed by atoms with E-state index in [0.717, 1.165) is 28.7 Å². The summed E-state index contributed by atoms with van der Waals surface area (Å²) >= 11 is 0. The minimum Gasteiger partial charge on any atom is -0.460 e. The Morgan fingerprint density at radius 2 is 1.59 bits per heavy atom. The van der Waals surface area contributed by atoms with Crippen molar-refractivity contribution in [3.05, 3.63) is 89.8 Å². The Bertz CT molecular complexity index is 2930. The van der Waals surface area contributed by atoms with Gasteiger partial charge in [0.25, 0.3) is 11.7 Å². The Labute approximate surface area is 533 Å². The zero-order valence-corrected chi connectivity index (χ0v) is 54.8. The number of ether oxygens (including phenoxy) is 6. The van der Waals surface area contributed by atoms with Crippen LogP contribution in [-0.2, 0) is 63.8 Å². The average Bonchev–Trinajstić information content (AvgIpc) is 0.857. The van der Waals surface area contributed by atoms with Crippen molar-refractivity contribution < 1.29 is 67.4 Å². The van der Waals surface area contributed by atoms with E-state index in [2.05, 4.69) is 26.9 Å². The van der Waals surface area contributed by atoms with Gasteiger partial charge in [-0.3, -0.25) is 24.0 Å². The molecule has 19 heteroatoms. The highest BCUT2D eigenvalue weighted by Crippen LogP contribution is 2.39. The molecule has 19 nitrogen and oxygen atoms in total. The third-order valence-electron chi connectivity index (χ3n) is 19.2. The fourth-order valence-electron chi connectivity index (χ4n) is 13.5. The van der Waals surface area contributed by atoms with Crippen LogP contribution in [0.5, 0.6) is 0 Å². The SMILES string of the molecule is C#CCCC(=O)N1CCN(c2ncc(-c3cccc(CO[C@@H]4CC[C@@H](C[C@@H](C)[C@@H]5CC(=O)[C@H](C)/C=C(\C)[C@@H](O)[C@@H](OC)C(=O)[C@H](C)C[C@H](C)/C=C/C=C/C=C(\C)[C@@H](OC)C[C@@H]6CC[C@@H](C)[C@@](O)(O6)C(=O)C(=O)N6CCCC[C@H]6C(=O)O5)C[C@H]4OC)c3)cn2)CC1. The molecule has 2 aromatic rings. The lowest BCUT2D eigenvalue weighted by molar-refractivity contribution is -0.265. The summed E-state index contributed by atoms with van der Waals surface area (Å²) in [6.45, 7) is 15.6. The lowest BCUT2D eigenvalue weighted by Crippen LogP contribution is -2.61. The second-order valence-electron chi connectivity index (χ2n) is 25.9. The second kappa shape index (κ2) is 33.9. The van der Waals surface area contributed by atoms with Crippen LogP contribution in [-0.4, -0.2) is 174 Å². The van der Waals surface area contributed by atoms with E-state index in [-0.39, 0.29) is 66.8 Å². The van der Waals surface area contributed by atoms with Crippen molar-refractivity contribution in [3.63, 3.8) is 0 Å². The van der Waals surface area contributed by atoms with Gasteiger partial charge in [-0.2, -0.15) is 0 Å². The number of aliphatic hydroxyl groups is 2. The zero-order chi connectivity index (χ0) is 65.2. The fourth-order valence-corrected chi connectivity index (χ4v) is 13.5. The van der Waals surface area contributed by atoms with E-state index in [1.54, 1.807) is 41.1 Å². The van der Waals surface area contributed by atoms with Gasteiger partial charge in [-0.25, -0.2) is 14.8 Å². The van der Waals surface area contributed by atoms with Gasteiger partial charge in [0, 0.05) is 115 Å². The van der Waals surface area contributed by atoms with Crippen LogP contribution in [0.3, 0.4) is 0 Å². The molecule has 90 heavy (non-hydrogen) atoms. The van der Waals surface area contributed by atoms with Crippen LogP contribution in [0.25, 0.3) is 11.1 Å². The molecule has 0 radical (unpaired) electrons. The topological polar surface area (TPSA) is 234 Å². The van der Waals surface area contributed by atoms with Gasteiger partial charge in [0.1, 0.15) is 30.1 Å². The largest absolute Gasteiger partial charge is 0.460 e. The summed E-state index contributed by atoms with van der Waals surface area (Å²) in [5.41, 5.74) is 4.03. The lowest BCUT2D eigenvalue weighted by atomic mass is 9.78. The number of amides is 2. The Morgan fingerprint density at radius 1 is 0.844 bits per heavy atom. The van der Waals surface area contributed by atoms with Gasteiger partial charge in [-0.05, 0) is 124 Å². The number of carbonyl (C=O) groups is 6. The van der Waals surface area contributed by atoms with Gasteiger partial charge in [-0.15, -0.1) is 12.3 Å². The molecule has 2 amide bonds. The van der Waals surface area contributed by atoms with E-state index in [4.69, 9.17) is 34.8 Å². The molecule has 5 aliphatic rings. The van der Waals surface area contributed by atoms with E-state index in [9.17, 15) is 39.0 Å². The summed E-state index contributed by atoms with van der Waals surface area (Å²) < 4.78 is 36.9. The van der Waals surface area contributed by atoms with Crippen LogP contribution in [0.4, 0.5) is 5.95 Å². The van der Waals surface area contributed by atoms with E-state index in [1.165, 1.54) is 12.0 Å². The van der Waals surface area contributed by atoms with Gasteiger partial charge in [0.2, 0.25) is 17.6 Å². The summed E-state index contributed by atoms with van der Waals surface area (Å²) in [6, 6.07) is 6.91. The smallest absolute Gasteiger partial charge is 0.329 e. The standard InChI is InChI=1S/C71H99N5O14/c1-12-13-25-63(78)74-31-33-75(34-32-74)70-72-42-55(43-73-70)54-23-19-22-53(38-54)44-88-59-29-27-52(39-62(59)86-10)37-48(5)61-41-58(77)47(4)36-50(7)65(80)66(87-11)64(79)49(6)35-45(2)20-15-14-16-21-46(3)60(85-9)40-56-28-26-51(8)71(84,90-56)67(81)68(82)76-30-18-17-24-57(76)69(83)89-61/h1,14-16,19-23,36,38,42-43,45,47-49,51-52,56-57,59-62,65-66,80,84H,13,17-18,24-35,37,39-41,44H2,2-11H3/b16-14+,20-15+,46-21+,50-36+/t45-,47-,48-,49-,51-,52+,56+,57+,59-,60+,61+,62-,65-,66+,71-/m1/s1. The molecule has 1 aromatic heterocycles. The molecular weight excluding hydrogens is 1150 g/mol. The maximum Gasteiger partial charge on any atom is 0.329 e. The number of Topliss-reactive ketones (excluding diaryl/α,β-unsaturated/α-hetero) is 3. The lowest BCUT2D eigenvalue weighted by Gasteiger charge is -2.42. The number of hydrogen-bond donors (Lipinski definition) is 2. The first-order chi connectivity index (χ1) is 43.1. The van der Waals surface area contributed by atoms with Crippen LogP contribution in [0.2, 0.25) is 0 Å². The first-order valence-corrected chi connectivity index (χ1v) is 32.6. The Kier molecular flexibility index (Phi) is 26.8. The number of piperazine rings is 1. The van der Waals surface area contributed by atoms with Crippen LogP contribution in [0.15, 0.2) is 84.3 Å². The number of aromatic nitrogens is 2. The number of allylic oxidation sites excluding steroid dienone is 6. The van der Waals surface area contributed by atoms with Crippen molar-refractivity contribution in [2.45, 2.75) is 200 Å². The fraction of sp³-hybridized carbons (Fsp3) is 0.634. The average molecular weight is 1250 g/mol. The summed E-state index contributed by atoms with van der Waals surface area (Å²) in [7, 11) is 4.64. The van der Waals surface area contributed by atoms with Crippen molar-refractivity contribution in [3.8, 4) is 23.5 Å². The number of rotatable bonds is 13. The van der Waals surface area contributed by atoms with E-state index in [0.29, 0.717) is 115 Å². The van der Waals surface area contributed by atoms with Gasteiger partial charge in [0.15, 0.2) is 5.78 Å². The summed E-state index contributed by atoms with van der Waals surface area (Å²) in [6.07, 6.45) is 21.4. The summed E-state index contributed by atoms with van der Waals surface area (Å²) in [5, 5.41) is 23.8. The number of carbonyl (C=O) groups excluding carboxylic acids is 6. The maximum absolute atomic E-state index is 14.8. The molecule has 0 unspecified atom stereocenters. The Balaban J connectivity index is 1.06. The van der Waals surface area contributed by atoms with Crippen molar-refractivity contribution in [1.29, 1.82) is 0 Å². The van der Waals surface area contributed by atoms with Crippen LogP contribution < -0.4 is 4.90 Å². The number of hydrogen-bond acceptors (Lipinski definition) is 17. The van der Waals surface area contributed by atoms with Crippen molar-refractivity contribution in [2.24, 2.45) is 35.5 Å². The van der Waals surface area contributed by atoms with Gasteiger partial charge >= 0.3 is 5.97 Å². The van der Waals surface area contributed by atoms with E-state index >= 15 is 0 Å². The summed E-state index contributed by atoms with van der Waals surface area (Å²) in [5.74, 6) is -4.97. The predicted molar refractivity (Wildman–Crippen MR) is 342 cm³/mol. The van der Waals surface area contributed by atoms with Crippen molar-refractivity contribution in [2.75, 3.05) is 59.0 Å². The van der Waals surface area contributed by atoms with Crippen molar-refractivity contribution >= 4 is 41.1 Å². The van der Waals surface area contributed by atoms with Crippen LogP contribution >= 0.6 is 0 Å². The minimum absolute atomic E-state index is 0.0000134. The number of cyclic esters (lactones) is 1. The Hall–Kier alpha value is -6.24. The molecule has 1 aliphatic carbocycles. The number of fused-ring (bicyclic) bond motifs is 3. The molecule has 3 saturated heterocycles. The van der Waals surface area contributed by atoms with Crippen LogP contribution in [0.1, 0.15) is 144 Å². The molecule has 4 fully saturated rings. The molecule has 1 aromatic carbocycles. The monoisotopic (exact) mass is 1250 g/mol. The number of aliphatic hydroxyl groups excluding tert-OH is 1. The molecular formula is C71H99N5O14. The third-order valence-corrected chi connectivity index (χ3v) is 19.2. The first kappa shape index (κ1) is 71.2. The highest BCUT2D eigenvalue weighted by molar-refractivity contribution is 6.39. The molecule has 2 N–H and O–H groups in total. The number of esters is 1. The predicted octanol–water partition coefficient (Wildman–Crippen LogP) is 8.92. The third kappa shape index (κ3) is 18.7. The first-order valence-electron chi connectivity index (χ1n) is 32.6. The Morgan fingerprint density at radius 3 is 2.29 bits per heavy atom. The minimum atomic E-state index is -2.46. The number of ketones is 3. The second-order valence-corrected chi connectivity index (χ2v) is 25.9. The molecule has 492 valence electrons. The molecule has 0 spiro atoms. The molecule has 15 atom stereocenters. The summed E-state index contributed by atoms with van der Waals surface area (Å²) in [4.78, 5) is 99.1. The van der Waals surface area contributed by atoms with E-state index in [1.807, 2.05) is 93.6 Å². The number of methoxy groups -OCH3 is 3. The maximum atomic E-state index is 14.8. The number of terminal acetylenes is 1. The highest BCUT2D eigenvalue weighted by atomic mass is 16.6. The molecule has 2 bridgehead atoms. The van der Waals surface area contributed by atoms with E-state index < -0.39 is 77.8 Å². The van der Waals surface area contributed by atoms with Crippen LogP contribution in [0, 0.1) is 47.9 Å². The zero-order valence-electron chi connectivity index (χ0n) is 54.8. The van der Waals surface area contributed by atoms with Gasteiger partial charge < -0.3 is 53.3 Å². The number of anilines is 1. The molecule has 5 heterocycles. The number of benzene rings is 1. The number of piperidine rings is 1. The molecule has 7 rings (SSSR count). The van der Waals surface area contributed by atoms with Crippen molar-refractivity contribution in [1.82, 2.24) is 19.8 Å². The quantitative estimate of drug-likeness (QED) is 0.0824. The van der Waals surface area contributed by atoms with Gasteiger partial charge in [-0.1, -0.05) is 89.3 Å². The van der Waals surface area contributed by atoms with Gasteiger partial charge in [0.05, 0.1) is 31.0 Å². The highest BCUT2D eigenvalue weighted by Gasteiger charge is 2.53. The molecule has 4 aliphatic heterocycles. The number of nitrogens with zero attached hydrogens (tertiary/aromatic N) is 5. The normalized spacial score (nSPS) is 33.3. The molecule has 1 saturated carbocycles.